The molecule has 0 bridgehead atoms. The highest BCUT2D eigenvalue weighted by molar-refractivity contribution is 6.30. The maximum absolute atomic E-state index is 12.7. The first-order chi connectivity index (χ1) is 11.1. The molecule has 1 heterocycles. The first kappa shape index (κ1) is 16.3. The Balaban J connectivity index is 1.57. The number of hydrogen-bond donors (Lipinski definition) is 1. The summed E-state index contributed by atoms with van der Waals surface area (Å²) in [6.07, 6.45) is 5.03. The third-order valence-electron chi connectivity index (χ3n) is 4.92. The summed E-state index contributed by atoms with van der Waals surface area (Å²) in [4.78, 5) is 27.0. The highest BCUT2D eigenvalue weighted by Crippen LogP contribution is 2.42. The lowest BCUT2D eigenvalue weighted by Gasteiger charge is -2.35. The fourth-order valence-corrected chi connectivity index (χ4v) is 3.68. The van der Waals surface area contributed by atoms with E-state index < -0.39 is 0 Å². The van der Waals surface area contributed by atoms with Crippen LogP contribution in [-0.4, -0.2) is 29.3 Å². The van der Waals surface area contributed by atoms with Crippen molar-refractivity contribution in [1.29, 1.82) is 0 Å². The van der Waals surface area contributed by atoms with Crippen LogP contribution in [-0.2, 0) is 9.59 Å². The molecule has 3 unspecified atom stereocenters. The van der Waals surface area contributed by atoms with Crippen molar-refractivity contribution in [3.05, 3.63) is 29.3 Å². The summed E-state index contributed by atoms with van der Waals surface area (Å²) < 4.78 is 0. The van der Waals surface area contributed by atoms with Crippen molar-refractivity contribution >= 4 is 29.1 Å². The third kappa shape index (κ3) is 3.69. The molecule has 0 spiro atoms. The van der Waals surface area contributed by atoms with Gasteiger partial charge in [-0.15, -0.1) is 0 Å². The quantitative estimate of drug-likeness (QED) is 0.912. The molecule has 1 saturated carbocycles. The molecule has 4 nitrogen and oxygen atoms in total. The zero-order chi connectivity index (χ0) is 16.4. The molecule has 23 heavy (non-hydrogen) atoms. The van der Waals surface area contributed by atoms with E-state index in [1.807, 2.05) is 4.90 Å². The Morgan fingerprint density at radius 2 is 2.13 bits per heavy atom. The van der Waals surface area contributed by atoms with Crippen LogP contribution in [0.5, 0.6) is 0 Å². The van der Waals surface area contributed by atoms with Crippen molar-refractivity contribution in [3.8, 4) is 0 Å². The summed E-state index contributed by atoms with van der Waals surface area (Å²) in [5.41, 5.74) is 0.685. The van der Waals surface area contributed by atoms with Gasteiger partial charge in [-0.2, -0.15) is 0 Å². The molecule has 2 aliphatic rings. The summed E-state index contributed by atoms with van der Waals surface area (Å²) in [5, 5.41) is 3.45. The van der Waals surface area contributed by atoms with Crippen LogP contribution in [0.2, 0.25) is 5.02 Å². The van der Waals surface area contributed by atoms with Gasteiger partial charge in [0, 0.05) is 23.3 Å². The van der Waals surface area contributed by atoms with Crippen molar-refractivity contribution in [2.24, 2.45) is 11.8 Å². The van der Waals surface area contributed by atoms with E-state index in [1.54, 1.807) is 24.3 Å². The lowest BCUT2D eigenvalue weighted by molar-refractivity contribution is -0.137. The van der Waals surface area contributed by atoms with Gasteiger partial charge in [0.1, 0.15) is 0 Å². The molecule has 1 aromatic carbocycles. The number of piperidine rings is 1. The number of likely N-dealkylation sites (tertiary alicyclic amines) is 1. The van der Waals surface area contributed by atoms with Gasteiger partial charge in [0.2, 0.25) is 11.8 Å². The number of benzene rings is 1. The van der Waals surface area contributed by atoms with E-state index >= 15 is 0 Å². The second-order valence-corrected chi connectivity index (χ2v) is 6.97. The number of hydrogen-bond acceptors (Lipinski definition) is 2. The second kappa shape index (κ2) is 6.91. The van der Waals surface area contributed by atoms with Crippen molar-refractivity contribution in [2.75, 3.05) is 11.9 Å². The van der Waals surface area contributed by atoms with Crippen LogP contribution in [0, 0.1) is 11.8 Å². The van der Waals surface area contributed by atoms with Gasteiger partial charge >= 0.3 is 0 Å². The Kier molecular flexibility index (Phi) is 4.90. The first-order valence-electron chi connectivity index (χ1n) is 8.47. The highest BCUT2D eigenvalue weighted by Gasteiger charge is 2.50. The van der Waals surface area contributed by atoms with Gasteiger partial charge in [-0.3, -0.25) is 9.59 Å². The molecule has 1 aliphatic carbocycles. The predicted octanol–water partition coefficient (Wildman–Crippen LogP) is 3.71. The maximum atomic E-state index is 12.7. The van der Waals surface area contributed by atoms with Crippen molar-refractivity contribution in [1.82, 2.24) is 4.90 Å². The molecule has 2 amide bonds. The molecule has 1 saturated heterocycles. The summed E-state index contributed by atoms with van der Waals surface area (Å²) >= 11 is 5.92. The number of nitrogens with one attached hydrogen (secondary N) is 1. The number of carbonyl (C=O) groups excluding carboxylic acids is 2. The van der Waals surface area contributed by atoms with Gasteiger partial charge in [-0.05, 0) is 50.3 Å². The molecule has 1 aliphatic heterocycles. The zero-order valence-electron chi connectivity index (χ0n) is 13.4. The molecule has 2 fully saturated rings. The first-order valence-corrected chi connectivity index (χ1v) is 8.85. The molecule has 0 radical (unpaired) electrons. The monoisotopic (exact) mass is 334 g/mol. The fourth-order valence-electron chi connectivity index (χ4n) is 3.49. The van der Waals surface area contributed by atoms with Crippen molar-refractivity contribution < 1.29 is 9.59 Å². The summed E-state index contributed by atoms with van der Waals surface area (Å²) in [6, 6.07) is 7.44. The Morgan fingerprint density at radius 3 is 2.87 bits per heavy atom. The van der Waals surface area contributed by atoms with Crippen LogP contribution in [0.3, 0.4) is 0 Å². The number of nitrogens with zero attached hydrogens (tertiary/aromatic N) is 1. The largest absolute Gasteiger partial charge is 0.339 e. The minimum atomic E-state index is -0.194. The van der Waals surface area contributed by atoms with Gasteiger partial charge in [0.25, 0.3) is 0 Å². The normalized spacial score (nSPS) is 26.7. The Morgan fingerprint density at radius 1 is 1.30 bits per heavy atom. The summed E-state index contributed by atoms with van der Waals surface area (Å²) in [5.74, 6) is -0.235. The summed E-state index contributed by atoms with van der Waals surface area (Å²) in [6.45, 7) is 2.98. The molecule has 0 aromatic heterocycles. The van der Waals surface area contributed by atoms with E-state index in [0.29, 0.717) is 23.2 Å². The van der Waals surface area contributed by atoms with E-state index in [1.165, 1.54) is 6.42 Å². The number of rotatable bonds is 4. The molecular formula is C18H23ClN2O2. The average Bonchev–Trinajstić information content (AvgIpc) is 3.35. The average molecular weight is 335 g/mol. The topological polar surface area (TPSA) is 49.4 Å². The van der Waals surface area contributed by atoms with Crippen LogP contribution in [0.1, 0.15) is 39.0 Å². The number of halogens is 1. The molecule has 3 atom stereocenters. The zero-order valence-corrected chi connectivity index (χ0v) is 14.2. The van der Waals surface area contributed by atoms with Crippen LogP contribution >= 0.6 is 11.6 Å². The predicted molar refractivity (Wildman–Crippen MR) is 91.3 cm³/mol. The molecule has 5 heteroatoms. The minimum Gasteiger partial charge on any atom is -0.339 e. The maximum Gasteiger partial charge on any atom is 0.228 e. The Hall–Kier alpha value is -1.55. The van der Waals surface area contributed by atoms with E-state index in [-0.39, 0.29) is 23.7 Å². The number of anilines is 1. The van der Waals surface area contributed by atoms with E-state index in [2.05, 4.69) is 12.2 Å². The molecule has 3 rings (SSSR count). The van der Waals surface area contributed by atoms with Crippen molar-refractivity contribution in [3.63, 3.8) is 0 Å². The standard InChI is InChI=1S/C18H23ClN2O2/c1-2-14-8-3-4-9-21(14)18(23)16-11-15(16)17(22)20-13-7-5-6-12(19)10-13/h5-7,10,14-16H,2-4,8-9,11H2,1H3,(H,20,22). The van der Waals surface area contributed by atoms with E-state index in [4.69, 9.17) is 11.6 Å². The van der Waals surface area contributed by atoms with Crippen LogP contribution in [0.15, 0.2) is 24.3 Å². The second-order valence-electron chi connectivity index (χ2n) is 6.54. The SMILES string of the molecule is CCC1CCCCN1C(=O)C1CC1C(=O)Nc1cccc(Cl)c1. The third-order valence-corrected chi connectivity index (χ3v) is 5.15. The number of amides is 2. The van der Waals surface area contributed by atoms with Crippen LogP contribution < -0.4 is 5.32 Å². The minimum absolute atomic E-state index is 0.0734. The fraction of sp³-hybridized carbons (Fsp3) is 0.556. The van der Waals surface area contributed by atoms with Gasteiger partial charge < -0.3 is 10.2 Å². The van der Waals surface area contributed by atoms with E-state index in [9.17, 15) is 9.59 Å². The molecule has 1 N–H and O–H groups in total. The lowest BCUT2D eigenvalue weighted by atomic mass is 9.99. The molecule has 1 aromatic rings. The Labute approximate surface area is 142 Å². The van der Waals surface area contributed by atoms with E-state index in [0.717, 1.165) is 25.8 Å². The smallest absolute Gasteiger partial charge is 0.228 e. The number of carbonyl (C=O) groups is 2. The van der Waals surface area contributed by atoms with Gasteiger partial charge in [-0.25, -0.2) is 0 Å². The van der Waals surface area contributed by atoms with Gasteiger partial charge in [0.05, 0.1) is 11.8 Å². The highest BCUT2D eigenvalue weighted by atomic mass is 35.5. The summed E-state index contributed by atoms with van der Waals surface area (Å²) in [7, 11) is 0. The lowest BCUT2D eigenvalue weighted by Crippen LogP contribution is -2.44. The van der Waals surface area contributed by atoms with Gasteiger partial charge in [0.15, 0.2) is 0 Å². The van der Waals surface area contributed by atoms with Crippen LogP contribution in [0.4, 0.5) is 5.69 Å². The van der Waals surface area contributed by atoms with Crippen molar-refractivity contribution in [2.45, 2.75) is 45.1 Å². The Bertz CT molecular complexity index is 604. The molecule has 124 valence electrons. The van der Waals surface area contributed by atoms with Gasteiger partial charge in [-0.1, -0.05) is 24.6 Å². The van der Waals surface area contributed by atoms with Crippen LogP contribution in [0.25, 0.3) is 0 Å². The molecular weight excluding hydrogens is 312 g/mol.